The lowest BCUT2D eigenvalue weighted by Crippen LogP contribution is -2.38. The molecule has 0 heterocycles. The second kappa shape index (κ2) is 7.98. The topological polar surface area (TPSA) is 55.1 Å². The number of amides is 1. The summed E-state index contributed by atoms with van der Waals surface area (Å²) in [5, 5.41) is 3.58. The van der Waals surface area contributed by atoms with Crippen LogP contribution < -0.4 is 11.1 Å². The van der Waals surface area contributed by atoms with Crippen LogP contribution in [0.1, 0.15) is 40.5 Å². The highest BCUT2D eigenvalue weighted by atomic mass is 32.2. The summed E-state index contributed by atoms with van der Waals surface area (Å²) >= 11 is 1.82. The van der Waals surface area contributed by atoms with Gasteiger partial charge in [0.15, 0.2) is 0 Å². The van der Waals surface area contributed by atoms with Gasteiger partial charge >= 0.3 is 0 Å². The molecular weight excluding hydrogens is 232 g/mol. The lowest BCUT2D eigenvalue weighted by Gasteiger charge is -2.24. The molecule has 0 saturated heterocycles. The number of carbonyl (C=O) groups is 1. The van der Waals surface area contributed by atoms with Gasteiger partial charge in [-0.25, -0.2) is 0 Å². The van der Waals surface area contributed by atoms with Crippen molar-refractivity contribution >= 4 is 17.7 Å². The third-order valence-electron chi connectivity index (χ3n) is 2.77. The summed E-state index contributed by atoms with van der Waals surface area (Å²) in [5.41, 5.74) is 5.82. The summed E-state index contributed by atoms with van der Waals surface area (Å²) in [7, 11) is 0. The van der Waals surface area contributed by atoms with Gasteiger partial charge in [-0.2, -0.15) is 11.8 Å². The van der Waals surface area contributed by atoms with Gasteiger partial charge in [-0.3, -0.25) is 4.79 Å². The van der Waals surface area contributed by atoms with E-state index < -0.39 is 0 Å². The number of rotatable bonds is 7. The van der Waals surface area contributed by atoms with E-state index >= 15 is 0 Å². The standard InChI is InChI=1S/C13H28N2OS/c1-10(17-5)6-7-15-12(16)11(9-14)8-13(2,3)4/h10-11H,6-9,14H2,1-5H3,(H,15,16). The van der Waals surface area contributed by atoms with E-state index in [0.29, 0.717) is 11.8 Å². The average molecular weight is 260 g/mol. The number of nitrogens with two attached hydrogens (primary N) is 1. The summed E-state index contributed by atoms with van der Waals surface area (Å²) in [6.07, 6.45) is 3.95. The van der Waals surface area contributed by atoms with Crippen molar-refractivity contribution in [3.63, 3.8) is 0 Å². The molecular formula is C13H28N2OS. The number of carbonyl (C=O) groups excluding carboxylic acids is 1. The number of hydrogen-bond donors (Lipinski definition) is 2. The van der Waals surface area contributed by atoms with E-state index in [4.69, 9.17) is 5.73 Å². The Kier molecular flexibility index (Phi) is 7.88. The molecule has 17 heavy (non-hydrogen) atoms. The lowest BCUT2D eigenvalue weighted by molar-refractivity contribution is -0.125. The monoisotopic (exact) mass is 260 g/mol. The molecule has 2 unspecified atom stereocenters. The summed E-state index contributed by atoms with van der Waals surface area (Å²) in [6, 6.07) is 0. The van der Waals surface area contributed by atoms with Crippen molar-refractivity contribution in [2.24, 2.45) is 17.1 Å². The van der Waals surface area contributed by atoms with Gasteiger partial charge in [0.25, 0.3) is 0 Å². The van der Waals surface area contributed by atoms with Crippen LogP contribution in [0.25, 0.3) is 0 Å². The molecule has 0 saturated carbocycles. The number of nitrogens with one attached hydrogen (secondary N) is 1. The van der Waals surface area contributed by atoms with Crippen molar-refractivity contribution in [2.75, 3.05) is 19.3 Å². The molecule has 4 heteroatoms. The predicted molar refractivity (Wildman–Crippen MR) is 77.2 cm³/mol. The van der Waals surface area contributed by atoms with Crippen LogP contribution in [0.15, 0.2) is 0 Å². The first-order chi connectivity index (χ1) is 7.80. The molecule has 3 N–H and O–H groups in total. The van der Waals surface area contributed by atoms with Crippen molar-refractivity contribution in [3.05, 3.63) is 0 Å². The molecule has 0 radical (unpaired) electrons. The molecule has 3 nitrogen and oxygen atoms in total. The molecule has 0 aromatic rings. The van der Waals surface area contributed by atoms with E-state index in [1.807, 2.05) is 11.8 Å². The molecule has 0 rings (SSSR count). The van der Waals surface area contributed by atoms with Gasteiger partial charge in [-0.1, -0.05) is 27.7 Å². The van der Waals surface area contributed by atoms with Crippen LogP contribution in [0.3, 0.4) is 0 Å². The fourth-order valence-electron chi connectivity index (χ4n) is 1.68. The largest absolute Gasteiger partial charge is 0.356 e. The van der Waals surface area contributed by atoms with Gasteiger partial charge in [0.1, 0.15) is 0 Å². The van der Waals surface area contributed by atoms with Gasteiger partial charge in [0, 0.05) is 18.3 Å². The molecule has 0 spiro atoms. The van der Waals surface area contributed by atoms with Crippen molar-refractivity contribution < 1.29 is 4.79 Å². The lowest BCUT2D eigenvalue weighted by atomic mass is 9.84. The molecule has 102 valence electrons. The van der Waals surface area contributed by atoms with E-state index in [9.17, 15) is 4.79 Å². The van der Waals surface area contributed by atoms with Gasteiger partial charge < -0.3 is 11.1 Å². The molecule has 2 atom stereocenters. The Morgan fingerprint density at radius 3 is 2.41 bits per heavy atom. The second-order valence-electron chi connectivity index (χ2n) is 5.82. The maximum atomic E-state index is 11.9. The Bertz CT molecular complexity index is 226. The van der Waals surface area contributed by atoms with Gasteiger partial charge in [0.05, 0.1) is 5.92 Å². The van der Waals surface area contributed by atoms with Crippen molar-refractivity contribution in [1.82, 2.24) is 5.32 Å². The summed E-state index contributed by atoms with van der Waals surface area (Å²) in [6.45, 7) is 9.77. The minimum Gasteiger partial charge on any atom is -0.356 e. The molecule has 0 bridgehead atoms. The number of hydrogen-bond acceptors (Lipinski definition) is 3. The van der Waals surface area contributed by atoms with Crippen LogP contribution in [-0.2, 0) is 4.79 Å². The third-order valence-corrected chi connectivity index (χ3v) is 3.81. The van der Waals surface area contributed by atoms with Crippen molar-refractivity contribution in [1.29, 1.82) is 0 Å². The Labute approximate surface area is 110 Å². The molecule has 0 aliphatic heterocycles. The quantitative estimate of drug-likeness (QED) is 0.738. The Hall–Kier alpha value is -0.220. The van der Waals surface area contributed by atoms with Gasteiger partial charge in [0.2, 0.25) is 5.91 Å². The molecule has 0 aromatic heterocycles. The van der Waals surface area contributed by atoms with E-state index in [1.165, 1.54) is 0 Å². The Balaban J connectivity index is 4.01. The molecule has 0 aliphatic rings. The van der Waals surface area contributed by atoms with Crippen LogP contribution in [0, 0.1) is 11.3 Å². The fourth-order valence-corrected chi connectivity index (χ4v) is 2.04. The molecule has 0 aromatic carbocycles. The normalized spacial score (nSPS) is 15.4. The second-order valence-corrected chi connectivity index (χ2v) is 7.10. The summed E-state index contributed by atoms with van der Waals surface area (Å²) in [5.74, 6) is 0.0512. The fraction of sp³-hybridized carbons (Fsp3) is 0.923. The van der Waals surface area contributed by atoms with Gasteiger partial charge in [-0.05, 0) is 24.5 Å². The van der Waals surface area contributed by atoms with Crippen LogP contribution in [0.4, 0.5) is 0 Å². The predicted octanol–water partition coefficient (Wildman–Crippen LogP) is 2.26. The zero-order valence-electron chi connectivity index (χ0n) is 11.9. The Morgan fingerprint density at radius 1 is 1.41 bits per heavy atom. The van der Waals surface area contributed by atoms with Gasteiger partial charge in [-0.15, -0.1) is 0 Å². The van der Waals surface area contributed by atoms with Crippen LogP contribution in [0.2, 0.25) is 0 Å². The first kappa shape index (κ1) is 16.8. The average Bonchev–Trinajstić information content (AvgIpc) is 2.24. The maximum Gasteiger partial charge on any atom is 0.224 e. The smallest absolute Gasteiger partial charge is 0.224 e. The molecule has 0 aliphatic carbocycles. The van der Waals surface area contributed by atoms with E-state index in [2.05, 4.69) is 39.3 Å². The highest BCUT2D eigenvalue weighted by Gasteiger charge is 2.23. The zero-order valence-corrected chi connectivity index (χ0v) is 12.7. The van der Waals surface area contributed by atoms with E-state index in [-0.39, 0.29) is 17.2 Å². The SMILES string of the molecule is CSC(C)CCNC(=O)C(CN)CC(C)(C)C. The molecule has 0 fully saturated rings. The van der Waals surface area contributed by atoms with Crippen molar-refractivity contribution in [3.8, 4) is 0 Å². The number of thioether (sulfide) groups is 1. The first-order valence-electron chi connectivity index (χ1n) is 6.30. The Morgan fingerprint density at radius 2 is 2.00 bits per heavy atom. The van der Waals surface area contributed by atoms with Crippen LogP contribution in [-0.4, -0.2) is 30.5 Å². The van der Waals surface area contributed by atoms with Crippen molar-refractivity contribution in [2.45, 2.75) is 45.8 Å². The maximum absolute atomic E-state index is 11.9. The summed E-state index contributed by atoms with van der Waals surface area (Å²) < 4.78 is 0. The van der Waals surface area contributed by atoms with Crippen LogP contribution in [0.5, 0.6) is 0 Å². The van der Waals surface area contributed by atoms with E-state index in [0.717, 1.165) is 19.4 Å². The molecule has 1 amide bonds. The van der Waals surface area contributed by atoms with E-state index in [1.54, 1.807) is 0 Å². The zero-order chi connectivity index (χ0) is 13.5. The highest BCUT2D eigenvalue weighted by Crippen LogP contribution is 2.24. The summed E-state index contributed by atoms with van der Waals surface area (Å²) in [4.78, 5) is 11.9. The first-order valence-corrected chi connectivity index (χ1v) is 7.59. The minimum atomic E-state index is -0.0559. The highest BCUT2D eigenvalue weighted by molar-refractivity contribution is 7.99. The third kappa shape index (κ3) is 8.50. The minimum absolute atomic E-state index is 0.0559. The van der Waals surface area contributed by atoms with Crippen LogP contribution >= 0.6 is 11.8 Å².